The molecule has 0 spiro atoms. The van der Waals surface area contributed by atoms with Gasteiger partial charge in [-0.1, -0.05) is 23.7 Å². The topological polar surface area (TPSA) is 88.5 Å². The number of rotatable bonds is 7. The molecule has 40 heavy (non-hydrogen) atoms. The van der Waals surface area contributed by atoms with Gasteiger partial charge in [0.05, 0.1) is 36.8 Å². The normalized spacial score (nSPS) is 17.1. The minimum atomic E-state index is -3.55. The molecule has 4 aromatic rings. The smallest absolute Gasteiger partial charge is 0.229 e. The van der Waals surface area contributed by atoms with Crippen LogP contribution >= 0.6 is 23.8 Å². The number of hydrogen-bond donors (Lipinski definition) is 2. The zero-order valence-electron chi connectivity index (χ0n) is 22.8. The van der Waals surface area contributed by atoms with E-state index in [0.29, 0.717) is 27.3 Å². The largest absolute Gasteiger partial charge is 0.495 e. The Labute approximate surface area is 245 Å². The van der Waals surface area contributed by atoms with Crippen molar-refractivity contribution >= 4 is 50.3 Å². The van der Waals surface area contributed by atoms with Crippen LogP contribution in [0.1, 0.15) is 40.3 Å². The highest BCUT2D eigenvalue weighted by atomic mass is 35.5. The predicted octanol–water partition coefficient (Wildman–Crippen LogP) is 6.01. The van der Waals surface area contributed by atoms with Gasteiger partial charge in [-0.25, -0.2) is 8.42 Å². The number of nitrogens with one attached hydrogen (secondary N) is 2. The van der Waals surface area contributed by atoms with Crippen molar-refractivity contribution in [1.82, 2.24) is 14.9 Å². The molecule has 0 radical (unpaired) electrons. The Hall–Kier alpha value is -3.60. The maximum atomic E-state index is 12.1. The van der Waals surface area contributed by atoms with Crippen LogP contribution in [0, 0.1) is 20.8 Å². The summed E-state index contributed by atoms with van der Waals surface area (Å²) in [5, 5.41) is 4.65. The lowest BCUT2D eigenvalue weighted by molar-refractivity contribution is 0.417. The highest BCUT2D eigenvalue weighted by Gasteiger charge is 2.43. The molecule has 2 aromatic heterocycles. The fourth-order valence-electron chi connectivity index (χ4n) is 5.50. The molecular weight excluding hydrogens is 566 g/mol. The van der Waals surface area contributed by atoms with Gasteiger partial charge >= 0.3 is 0 Å². The molecule has 0 amide bonds. The Kier molecular flexibility index (Phi) is 7.52. The monoisotopic (exact) mass is 595 g/mol. The summed E-state index contributed by atoms with van der Waals surface area (Å²) >= 11 is 12.3. The van der Waals surface area contributed by atoms with Crippen molar-refractivity contribution in [3.63, 3.8) is 0 Å². The number of nitrogens with zero attached hydrogens (tertiary/aromatic N) is 3. The summed E-state index contributed by atoms with van der Waals surface area (Å²) in [5.41, 5.74) is 7.18. The van der Waals surface area contributed by atoms with Crippen LogP contribution in [0.4, 0.5) is 11.4 Å². The zero-order valence-corrected chi connectivity index (χ0v) is 25.2. The van der Waals surface area contributed by atoms with Gasteiger partial charge in [0.1, 0.15) is 5.75 Å². The second-order valence-electron chi connectivity index (χ2n) is 9.78. The molecule has 11 heteroatoms. The first-order valence-corrected chi connectivity index (χ1v) is 15.3. The quantitative estimate of drug-likeness (QED) is 0.253. The average Bonchev–Trinajstić information content (AvgIpc) is 3.35. The van der Waals surface area contributed by atoms with Crippen molar-refractivity contribution in [2.24, 2.45) is 0 Å². The first kappa shape index (κ1) is 27.9. The molecule has 8 nitrogen and oxygen atoms in total. The number of aromatic nitrogens is 2. The van der Waals surface area contributed by atoms with Crippen LogP contribution in [-0.4, -0.2) is 36.4 Å². The molecule has 2 N–H and O–H groups in total. The molecule has 1 fully saturated rings. The van der Waals surface area contributed by atoms with E-state index in [0.717, 1.165) is 40.2 Å². The van der Waals surface area contributed by atoms with Crippen LogP contribution in [0.15, 0.2) is 66.9 Å². The number of pyridine rings is 1. The van der Waals surface area contributed by atoms with E-state index in [2.05, 4.69) is 40.4 Å². The summed E-state index contributed by atoms with van der Waals surface area (Å²) in [4.78, 5) is 6.69. The van der Waals surface area contributed by atoms with Gasteiger partial charge in [0.15, 0.2) is 5.11 Å². The lowest BCUT2D eigenvalue weighted by atomic mass is 9.93. The number of benzene rings is 2. The van der Waals surface area contributed by atoms with E-state index in [-0.39, 0.29) is 12.1 Å². The van der Waals surface area contributed by atoms with Gasteiger partial charge in [-0.15, -0.1) is 0 Å². The second kappa shape index (κ2) is 10.8. The Bertz CT molecular complexity index is 1710. The molecule has 1 aliphatic rings. The summed E-state index contributed by atoms with van der Waals surface area (Å²) < 4.78 is 34.5. The predicted molar refractivity (Wildman–Crippen MR) is 164 cm³/mol. The SMILES string of the molecule is COc1ccc(N2C(=S)N[C@H](c3ccccn3)[C@H]2c2c(C)c(C)n(-c3cccc(Cl)c3)c2C)cc1NS(C)(=O)=O. The zero-order chi connectivity index (χ0) is 28.8. The van der Waals surface area contributed by atoms with E-state index in [1.165, 1.54) is 7.11 Å². The van der Waals surface area contributed by atoms with Crippen molar-refractivity contribution in [2.75, 3.05) is 23.0 Å². The molecule has 0 aliphatic carbocycles. The molecule has 3 heterocycles. The van der Waals surface area contributed by atoms with Crippen LogP contribution in [0.2, 0.25) is 5.02 Å². The summed E-state index contributed by atoms with van der Waals surface area (Å²) in [6, 6.07) is 18.4. The van der Waals surface area contributed by atoms with E-state index in [1.807, 2.05) is 53.4 Å². The van der Waals surface area contributed by atoms with Gasteiger partial charge in [-0.3, -0.25) is 9.71 Å². The molecule has 1 saturated heterocycles. The standard InChI is InChI=1S/C29H30ClN5O3S2/c1-17-18(2)34(21-10-8-9-20(30)15-21)19(3)26(17)28-27(23-11-6-7-14-31-23)32-29(39)35(28)22-12-13-25(38-4)24(16-22)33-40(5,36)37/h6-16,27-28,33H,1-5H3,(H,32,39)/t27-,28-/m1/s1. The molecule has 0 bridgehead atoms. The number of hydrogen-bond acceptors (Lipinski definition) is 5. The number of halogens is 1. The molecule has 0 saturated carbocycles. The van der Waals surface area contributed by atoms with Crippen molar-refractivity contribution in [2.45, 2.75) is 32.9 Å². The Balaban J connectivity index is 1.73. The fourth-order valence-corrected chi connectivity index (χ4v) is 6.59. The lowest BCUT2D eigenvalue weighted by Gasteiger charge is -2.29. The summed E-state index contributed by atoms with van der Waals surface area (Å²) in [6.07, 6.45) is 2.87. The van der Waals surface area contributed by atoms with Crippen LogP contribution in [0.25, 0.3) is 5.69 Å². The van der Waals surface area contributed by atoms with E-state index in [4.69, 9.17) is 28.6 Å². The Morgan fingerprint density at radius 1 is 1.02 bits per heavy atom. The van der Waals surface area contributed by atoms with Gasteiger partial charge in [0.2, 0.25) is 10.0 Å². The number of thiocarbonyl (C=S) groups is 1. The van der Waals surface area contributed by atoms with Gasteiger partial charge in [0.25, 0.3) is 0 Å². The number of ether oxygens (including phenoxy) is 1. The van der Waals surface area contributed by atoms with Gasteiger partial charge < -0.3 is 19.5 Å². The number of sulfonamides is 1. The van der Waals surface area contributed by atoms with Crippen molar-refractivity contribution in [3.05, 3.63) is 100 Å². The van der Waals surface area contributed by atoms with Crippen molar-refractivity contribution < 1.29 is 13.2 Å². The highest BCUT2D eigenvalue weighted by molar-refractivity contribution is 7.92. The molecule has 2 atom stereocenters. The Morgan fingerprint density at radius 3 is 2.45 bits per heavy atom. The van der Waals surface area contributed by atoms with Crippen molar-refractivity contribution in [3.8, 4) is 11.4 Å². The number of anilines is 2. The summed E-state index contributed by atoms with van der Waals surface area (Å²) in [6.45, 7) is 6.30. The Morgan fingerprint density at radius 2 is 1.80 bits per heavy atom. The minimum Gasteiger partial charge on any atom is -0.495 e. The summed E-state index contributed by atoms with van der Waals surface area (Å²) in [7, 11) is -2.06. The average molecular weight is 596 g/mol. The fraction of sp³-hybridized carbons (Fsp3) is 0.241. The van der Waals surface area contributed by atoms with Crippen LogP contribution in [0.5, 0.6) is 5.75 Å². The maximum absolute atomic E-state index is 12.1. The van der Waals surface area contributed by atoms with Gasteiger partial charge in [-0.05, 0) is 87.1 Å². The van der Waals surface area contributed by atoms with Crippen molar-refractivity contribution in [1.29, 1.82) is 0 Å². The minimum absolute atomic E-state index is 0.269. The number of methoxy groups -OCH3 is 1. The van der Waals surface area contributed by atoms with E-state index < -0.39 is 10.0 Å². The van der Waals surface area contributed by atoms with E-state index in [9.17, 15) is 8.42 Å². The maximum Gasteiger partial charge on any atom is 0.229 e. The first-order chi connectivity index (χ1) is 19.0. The van der Waals surface area contributed by atoms with Crippen LogP contribution in [-0.2, 0) is 10.0 Å². The molecule has 2 aromatic carbocycles. The van der Waals surface area contributed by atoms with E-state index >= 15 is 0 Å². The van der Waals surface area contributed by atoms with Crippen LogP contribution < -0.4 is 19.7 Å². The van der Waals surface area contributed by atoms with Gasteiger partial charge in [-0.2, -0.15) is 0 Å². The van der Waals surface area contributed by atoms with E-state index in [1.54, 1.807) is 18.3 Å². The van der Waals surface area contributed by atoms with Crippen LogP contribution in [0.3, 0.4) is 0 Å². The molecular formula is C29H30ClN5O3S2. The third kappa shape index (κ3) is 5.14. The lowest BCUT2D eigenvalue weighted by Crippen LogP contribution is -2.30. The second-order valence-corrected chi connectivity index (χ2v) is 12.4. The van der Waals surface area contributed by atoms with Gasteiger partial charge in [0, 0.05) is 39.5 Å². The third-order valence-corrected chi connectivity index (χ3v) is 8.36. The highest BCUT2D eigenvalue weighted by Crippen LogP contribution is 2.46. The first-order valence-electron chi connectivity index (χ1n) is 12.6. The molecule has 5 rings (SSSR count). The summed E-state index contributed by atoms with van der Waals surface area (Å²) in [5.74, 6) is 0.403. The molecule has 0 unspecified atom stereocenters. The molecule has 208 valence electrons. The molecule has 1 aliphatic heterocycles. The third-order valence-electron chi connectivity index (χ3n) is 7.22.